The highest BCUT2D eigenvalue weighted by molar-refractivity contribution is 9.10. The van der Waals surface area contributed by atoms with Crippen LogP contribution in [0.15, 0.2) is 125 Å². The van der Waals surface area contributed by atoms with Crippen molar-refractivity contribution < 1.29 is 47.5 Å². The lowest BCUT2D eigenvalue weighted by Gasteiger charge is -2.10. The minimum absolute atomic E-state index is 0.00535. The number of nitrogens with two attached hydrogens (primary N) is 2. The van der Waals surface area contributed by atoms with Gasteiger partial charge < -0.3 is 40.3 Å². The van der Waals surface area contributed by atoms with E-state index >= 15 is 0 Å². The molecule has 4 N–H and O–H groups in total. The fourth-order valence-electron chi connectivity index (χ4n) is 7.02. The van der Waals surface area contributed by atoms with Gasteiger partial charge in [-0.2, -0.15) is 0 Å². The van der Waals surface area contributed by atoms with E-state index in [0.717, 1.165) is 54.6 Å². The van der Waals surface area contributed by atoms with Crippen molar-refractivity contribution in [2.75, 3.05) is 32.2 Å². The minimum Gasteiger partial charge on any atom is -0.464 e. The van der Waals surface area contributed by atoms with Crippen molar-refractivity contribution in [2.45, 2.75) is 37.0 Å². The fourth-order valence-corrected chi connectivity index (χ4v) is 11.3. The van der Waals surface area contributed by atoms with E-state index in [1.165, 1.54) is 37.4 Å². The molecule has 2 heterocycles. The molecule has 9 rings (SSSR count). The summed E-state index contributed by atoms with van der Waals surface area (Å²) in [6, 6.07) is 23.4. The number of nitro groups is 4. The number of benzene rings is 7. The number of esters is 2. The van der Waals surface area contributed by atoms with Gasteiger partial charge in [0, 0.05) is 65.2 Å². The van der Waals surface area contributed by atoms with Crippen LogP contribution in [0, 0.1) is 91.9 Å². The molecule has 46 heteroatoms. The predicted octanol–water partition coefficient (Wildman–Crippen LogP) is 24.4. The van der Waals surface area contributed by atoms with E-state index in [1.807, 2.05) is 19.1 Å². The van der Waals surface area contributed by atoms with Gasteiger partial charge in [-0.3, -0.25) is 45.3 Å². The van der Waals surface area contributed by atoms with Crippen molar-refractivity contribution in [1.82, 2.24) is 20.4 Å². The number of aryl methyl sites for hydroxylation is 1. The molecule has 7 aromatic carbocycles. The first-order valence-corrected chi connectivity index (χ1v) is 35.2. The van der Waals surface area contributed by atoms with Gasteiger partial charge in [0.1, 0.15) is 17.3 Å². The van der Waals surface area contributed by atoms with Crippen molar-refractivity contribution in [3.63, 3.8) is 0 Å². The third kappa shape index (κ3) is 34.9. The lowest BCUT2D eigenvalue weighted by molar-refractivity contribution is -0.385. The Hall–Kier alpha value is -8.67. The molecule has 27 nitrogen and oxygen atoms in total. The van der Waals surface area contributed by atoms with Gasteiger partial charge >= 0.3 is 24.5 Å². The predicted molar refractivity (Wildman–Crippen MR) is 433 cm³/mol. The van der Waals surface area contributed by atoms with E-state index in [1.54, 1.807) is 36.4 Å². The van der Waals surface area contributed by atoms with Gasteiger partial charge in [-0.05, 0) is 89.1 Å². The molecule has 0 radical (unpaired) electrons. The van der Waals surface area contributed by atoms with Crippen LogP contribution in [0.2, 0.25) is 75.7 Å². The number of rotatable bonds is 11. The zero-order valence-electron chi connectivity index (χ0n) is 55.4. The Labute approximate surface area is 717 Å². The second kappa shape index (κ2) is 51.1. The number of thiol groups is 1. The molecule has 111 heavy (non-hydrogen) atoms. The van der Waals surface area contributed by atoms with E-state index in [4.69, 9.17) is 218 Å². The average Bonchev–Trinajstić information content (AvgIpc) is 0.818. The molecule has 2 aromatic heterocycles. The number of hydrogen-bond acceptors (Lipinski definition) is 19. The third-order valence-corrected chi connectivity index (χ3v) is 18.1. The normalized spacial score (nSPS) is 10.1. The first kappa shape index (κ1) is 100. The van der Waals surface area contributed by atoms with E-state index in [-0.39, 0.29) is 104 Å². The largest absolute Gasteiger partial charge is 0.464 e. The number of methoxy groups -OCH3 is 2. The summed E-state index contributed by atoms with van der Waals surface area (Å²) in [7, 11) is 2.38. The Balaban J connectivity index is 0.000000634. The topological polar surface area (TPSA) is 351 Å². The average molecular weight is 1910 g/mol. The number of anilines is 2. The molecule has 0 bridgehead atoms. The summed E-state index contributed by atoms with van der Waals surface area (Å²) in [5.41, 5.74) is 13.9. The van der Waals surface area contributed by atoms with E-state index in [0.29, 0.717) is 57.4 Å². The lowest BCUT2D eigenvalue weighted by Crippen LogP contribution is -2.12. The number of aromatic nitrogens is 4. The molecule has 2 atom stereocenters. The number of carbonyl (C=O) groups excluding carboxylic acids is 2. The molecular weight excluding hydrogens is 1860 g/mol. The van der Waals surface area contributed by atoms with Gasteiger partial charge in [-0.1, -0.05) is 174 Å². The summed E-state index contributed by atoms with van der Waals surface area (Å²) in [5.74, 6) is -2.51. The van der Waals surface area contributed by atoms with Gasteiger partial charge in [0.25, 0.3) is 28.8 Å². The van der Waals surface area contributed by atoms with Crippen LogP contribution in [-0.4, -0.2) is 72.8 Å². The van der Waals surface area contributed by atoms with Gasteiger partial charge in [-0.25, -0.2) is 51.2 Å². The van der Waals surface area contributed by atoms with Crippen LogP contribution in [0.3, 0.4) is 0 Å². The van der Waals surface area contributed by atoms with Crippen LogP contribution in [0.4, 0.5) is 42.9 Å². The van der Waals surface area contributed by atoms with Gasteiger partial charge in [0.2, 0.25) is 13.1 Å². The van der Waals surface area contributed by atoms with Crippen molar-refractivity contribution in [1.29, 1.82) is 0 Å². The fraction of sp³-hybridized carbons (Fsp3) is 0.123. The second-order valence-corrected chi connectivity index (χ2v) is 26.9. The van der Waals surface area contributed by atoms with E-state index < -0.39 is 55.3 Å². The number of non-ortho nitro benzene ring substituents is 4. The Morgan fingerprint density at radius 3 is 1.16 bits per heavy atom. The molecule has 0 amide bonds. The molecular formula is C65H41BrCl15F2N15O12S. The maximum absolute atomic E-state index is 12.3. The molecule has 0 aliphatic carbocycles. The summed E-state index contributed by atoms with van der Waals surface area (Å²) in [4.78, 5) is 76.4. The van der Waals surface area contributed by atoms with Crippen molar-refractivity contribution in [2.24, 2.45) is 0 Å². The van der Waals surface area contributed by atoms with Crippen LogP contribution in [0.5, 0.6) is 0 Å². The van der Waals surface area contributed by atoms with Crippen LogP contribution in [-0.2, 0) is 32.2 Å². The smallest absolute Gasteiger partial charge is 0.395 e. The zero-order valence-corrected chi connectivity index (χ0v) is 69.2. The number of hydrogen-bond donors (Lipinski definition) is 3. The molecule has 0 saturated heterocycles. The maximum atomic E-state index is 12.3. The van der Waals surface area contributed by atoms with Crippen LogP contribution >= 0.6 is 203 Å². The first-order valence-electron chi connectivity index (χ1n) is 28.3. The highest BCUT2D eigenvalue weighted by Crippen LogP contribution is 2.40. The minimum atomic E-state index is -1.34. The number of nitrogen functional groups attached to an aromatic ring is 2. The number of nitro benzene ring substituents is 4. The summed E-state index contributed by atoms with van der Waals surface area (Å²) < 4.78 is 33.4. The number of carbonyl (C=O) groups is 2. The molecule has 580 valence electrons. The molecule has 9 aromatic rings. The van der Waals surface area contributed by atoms with Crippen LogP contribution in [0.1, 0.15) is 45.6 Å². The molecule has 0 aliphatic heterocycles. The maximum Gasteiger partial charge on any atom is 0.395 e. The standard InChI is InChI=1S/C12H7Cl3N4.C10H6Cl2N2O4.C9H7Cl2N.C8H4Cl2N2O2.C6H2BrCl2NO2.C6H4Cl2N2O2.C6H4F2S.C4H2Cl2N2.C4H5NO2/c1-17-12(9-2-3-10(15)19-18-9)11-7(13)4-6(16)5-8(11)14;1-13-9(10(15)18-2)8-6(11)3-5(14(16)17)4-7(8)12;1-6-3-8(10)7(5-12-2)9(11)4-6;1-11-4-6-7(9)2-5(12(13)14)3-8(6)10;7-6-4(8)1-3(10(11)12)2-5(6)9;7-4-1-3(10(11)12)2-5(8)6(4)9;7-4-1-2-6(9)5(8)3-4;5-3-1-2-4(6)8-7-3;1-5-3-4(6)7-2/h2-5,12H,16H2;3-4,9H,2H3;3-4H,5H2,1H3;2-3H,4H2;1-2H;1-2H,9H2;1-3,9H;1-2H;3H2,2H3. The third-order valence-electron chi connectivity index (χ3n) is 12.0. The summed E-state index contributed by atoms with van der Waals surface area (Å²) in [6.45, 7) is 35.8. The first-order chi connectivity index (χ1) is 52.0. The van der Waals surface area contributed by atoms with E-state index in [2.05, 4.69) is 82.7 Å². The highest BCUT2D eigenvalue weighted by atomic mass is 79.9. The Morgan fingerprint density at radius 2 is 0.856 bits per heavy atom. The van der Waals surface area contributed by atoms with Gasteiger partial charge in [-0.15, -0.1) is 33.0 Å². The van der Waals surface area contributed by atoms with E-state index in [9.17, 15) is 58.8 Å². The van der Waals surface area contributed by atoms with Crippen LogP contribution in [0.25, 0.3) is 24.2 Å². The Bertz CT molecular complexity index is 4860. The molecule has 2 unspecified atom stereocenters. The molecule has 0 spiro atoms. The number of ether oxygens (including phenoxy) is 2. The van der Waals surface area contributed by atoms with Gasteiger partial charge in [0.05, 0.1) is 127 Å². The van der Waals surface area contributed by atoms with Crippen molar-refractivity contribution >= 4 is 249 Å². The molecule has 0 fully saturated rings. The summed E-state index contributed by atoms with van der Waals surface area (Å²) >= 11 is 92.6. The highest BCUT2D eigenvalue weighted by Gasteiger charge is 2.33. The zero-order chi connectivity index (χ0) is 84.9. The molecule has 0 aliphatic rings. The lowest BCUT2D eigenvalue weighted by atomic mass is 10.0. The SMILES string of the molecule is Clc1ccc(Cl)nn1.Fc1ccc(S)c(F)c1.Nc1c(Cl)cc([N+](=O)[O-])cc1Cl.O=[N+]([O-])c1cc(Cl)c(Br)c(Cl)c1.[C-]#[N+]C(C(=O)OC)c1c(Cl)cc([N+](=O)[O-])cc1Cl.[C-]#[N+]C(c1ccc(Cl)nn1)c1c(Cl)cc(N)cc1Cl.[C-]#[N+]CC(=O)OC.[C-]#[N+]Cc1c(Cl)cc(C)cc1Cl.[C-]#[N+]Cc1c(Cl)cc([N+](=O)[O-])cc1Cl. The molecule has 0 saturated carbocycles. The van der Waals surface area contributed by atoms with Crippen LogP contribution < -0.4 is 11.5 Å². The summed E-state index contributed by atoms with van der Waals surface area (Å²) in [5, 5.41) is 59.5. The monoisotopic (exact) mass is 1900 g/mol. The summed E-state index contributed by atoms with van der Waals surface area (Å²) in [6.07, 6.45) is 0. The Morgan fingerprint density at radius 1 is 0.495 bits per heavy atom. The second-order valence-electron chi connectivity index (χ2n) is 19.6. The quantitative estimate of drug-likeness (QED) is 0.0206. The number of halogens is 18. The number of nitrogens with zero attached hydrogens (tertiary/aromatic N) is 13. The van der Waals surface area contributed by atoms with Crippen molar-refractivity contribution in [3.05, 3.63) is 338 Å². The Kier molecular flexibility index (Phi) is 46.2. The van der Waals surface area contributed by atoms with Crippen molar-refractivity contribution in [3.8, 4) is 0 Å². The van der Waals surface area contributed by atoms with Gasteiger partial charge in [0.15, 0.2) is 15.5 Å².